The van der Waals surface area contributed by atoms with E-state index in [-0.39, 0.29) is 11.9 Å². The van der Waals surface area contributed by atoms with Crippen molar-refractivity contribution in [3.63, 3.8) is 0 Å². The van der Waals surface area contributed by atoms with Crippen molar-refractivity contribution in [3.05, 3.63) is 28.2 Å². The number of nitrogens with zero attached hydrogens (tertiary/aromatic N) is 2. The normalized spacial score (nSPS) is 29.2. The maximum absolute atomic E-state index is 12.6. The van der Waals surface area contributed by atoms with Gasteiger partial charge in [0.2, 0.25) is 0 Å². The molecule has 1 amide bonds. The first kappa shape index (κ1) is 15.1. The summed E-state index contributed by atoms with van der Waals surface area (Å²) in [6, 6.07) is 5.05. The fraction of sp³-hybridized carbons (Fsp3) is 0.533. The van der Waals surface area contributed by atoms with Gasteiger partial charge in [0.15, 0.2) is 6.04 Å². The average molecular weight is 329 g/mol. The van der Waals surface area contributed by atoms with Gasteiger partial charge in [-0.15, -0.1) is 0 Å². The van der Waals surface area contributed by atoms with E-state index in [1.165, 1.54) is 0 Å². The summed E-state index contributed by atoms with van der Waals surface area (Å²) in [5.74, 6) is 0.0227. The van der Waals surface area contributed by atoms with Crippen LogP contribution in [-0.2, 0) is 4.79 Å². The molecule has 1 aromatic carbocycles. The maximum Gasteiger partial charge on any atom is 0.282 e. The zero-order valence-corrected chi connectivity index (χ0v) is 13.6. The molecule has 0 aromatic heterocycles. The molecule has 0 saturated carbocycles. The molecule has 3 fully saturated rings. The fourth-order valence-electron chi connectivity index (χ4n) is 3.35. The van der Waals surface area contributed by atoms with Crippen molar-refractivity contribution in [1.29, 1.82) is 0 Å². The van der Waals surface area contributed by atoms with Gasteiger partial charge in [0.05, 0.1) is 30.3 Å². The van der Waals surface area contributed by atoms with Gasteiger partial charge in [-0.2, -0.15) is 0 Å². The summed E-state index contributed by atoms with van der Waals surface area (Å²) >= 11 is 12.1. The van der Waals surface area contributed by atoms with Crippen LogP contribution in [0.5, 0.6) is 0 Å². The Morgan fingerprint density at radius 2 is 1.86 bits per heavy atom. The number of quaternary nitrogens is 1. The molecule has 114 valence electrons. The Bertz CT molecular complexity index is 542. The maximum atomic E-state index is 12.6. The van der Waals surface area contributed by atoms with Gasteiger partial charge in [0.25, 0.3) is 5.91 Å². The van der Waals surface area contributed by atoms with Crippen LogP contribution in [0.25, 0.3) is 0 Å². The zero-order chi connectivity index (χ0) is 15.0. The lowest BCUT2D eigenvalue weighted by molar-refractivity contribution is -0.953. The Morgan fingerprint density at radius 3 is 2.48 bits per heavy atom. The quantitative estimate of drug-likeness (QED) is 0.864. The highest BCUT2D eigenvalue weighted by Crippen LogP contribution is 2.28. The molecule has 6 heteroatoms. The second-order valence-corrected chi connectivity index (χ2v) is 6.86. The molecule has 0 unspecified atom stereocenters. The second-order valence-electron chi connectivity index (χ2n) is 6.02. The number of halogens is 2. The molecule has 0 spiro atoms. The van der Waals surface area contributed by atoms with Crippen molar-refractivity contribution < 1.29 is 9.28 Å². The molecule has 3 aliphatic heterocycles. The third-order valence-corrected chi connectivity index (χ3v) is 5.54. The van der Waals surface area contributed by atoms with Gasteiger partial charge in [-0.25, -0.2) is 0 Å². The monoisotopic (exact) mass is 328 g/mol. The first-order valence-corrected chi connectivity index (χ1v) is 8.10. The number of carbonyl (C=O) groups excluding carboxylic acids is 1. The van der Waals surface area contributed by atoms with Crippen LogP contribution >= 0.6 is 23.2 Å². The average Bonchev–Trinajstić information content (AvgIpc) is 2.52. The summed E-state index contributed by atoms with van der Waals surface area (Å²) in [4.78, 5) is 15.1. The molecule has 21 heavy (non-hydrogen) atoms. The van der Waals surface area contributed by atoms with Crippen LogP contribution in [-0.4, -0.2) is 60.6 Å². The number of nitrogens with one attached hydrogen (secondary N) is 1. The highest BCUT2D eigenvalue weighted by atomic mass is 35.5. The van der Waals surface area contributed by atoms with Crippen LogP contribution in [0.4, 0.5) is 5.69 Å². The minimum atomic E-state index is -0.0671. The molecule has 0 aliphatic carbocycles. The Kier molecular flexibility index (Phi) is 4.14. The van der Waals surface area contributed by atoms with E-state index in [2.05, 4.69) is 10.2 Å². The summed E-state index contributed by atoms with van der Waals surface area (Å²) in [6.45, 7) is 8.46. The Labute approximate surface area is 135 Å². The molecule has 3 aliphatic rings. The first-order valence-electron chi connectivity index (χ1n) is 7.34. The summed E-state index contributed by atoms with van der Waals surface area (Å²) < 4.78 is 0.889. The van der Waals surface area contributed by atoms with Crippen LogP contribution in [0.2, 0.25) is 10.0 Å². The molecule has 3 heterocycles. The third kappa shape index (κ3) is 2.90. The number of rotatable bonds is 3. The SMILES string of the molecule is C[C@@H](C(=O)Nc1cc(Cl)ccc1Cl)[N+]12CCN(CC1)CC2. The number of piperazine rings is 3. The largest absolute Gasteiger partial charge is 0.320 e. The van der Waals surface area contributed by atoms with E-state index in [0.717, 1.165) is 43.8 Å². The molecule has 4 nitrogen and oxygen atoms in total. The number of fused-ring (bicyclic) bond motifs is 3. The predicted molar refractivity (Wildman–Crippen MR) is 85.9 cm³/mol. The van der Waals surface area contributed by atoms with Gasteiger partial charge < -0.3 is 9.80 Å². The number of amides is 1. The molecular weight excluding hydrogens is 309 g/mol. The minimum absolute atomic E-state index is 0.0227. The van der Waals surface area contributed by atoms with Gasteiger partial charge in [-0.1, -0.05) is 23.2 Å². The van der Waals surface area contributed by atoms with Gasteiger partial charge in [-0.3, -0.25) is 9.69 Å². The lowest BCUT2D eigenvalue weighted by Gasteiger charge is -2.52. The Morgan fingerprint density at radius 1 is 1.24 bits per heavy atom. The van der Waals surface area contributed by atoms with Crippen molar-refractivity contribution in [2.45, 2.75) is 13.0 Å². The molecule has 3 saturated heterocycles. The van der Waals surface area contributed by atoms with Crippen molar-refractivity contribution in [2.24, 2.45) is 0 Å². The standard InChI is InChI=1S/C15H19Cl2N3O/c1-11(20-7-4-19(5-8-20)6-9-20)15(21)18-14-10-12(16)2-3-13(14)17/h2-3,10-11H,4-9H2,1H3/p+1/t11-/m0/s1. The smallest absolute Gasteiger partial charge is 0.282 e. The molecule has 4 rings (SSSR count). The van der Waals surface area contributed by atoms with E-state index in [1.807, 2.05) is 6.92 Å². The van der Waals surface area contributed by atoms with Gasteiger partial charge in [-0.05, 0) is 25.1 Å². The number of hydrogen-bond donors (Lipinski definition) is 1. The van der Waals surface area contributed by atoms with Gasteiger partial charge >= 0.3 is 0 Å². The van der Waals surface area contributed by atoms with Crippen LogP contribution in [0.15, 0.2) is 18.2 Å². The Hall–Kier alpha value is -0.810. The van der Waals surface area contributed by atoms with Crippen molar-refractivity contribution in [2.75, 3.05) is 44.6 Å². The summed E-state index contributed by atoms with van der Waals surface area (Å²) in [7, 11) is 0. The second kappa shape index (κ2) is 5.76. The molecule has 1 atom stereocenters. The lowest BCUT2D eigenvalue weighted by atomic mass is 10.1. The highest BCUT2D eigenvalue weighted by molar-refractivity contribution is 6.35. The van der Waals surface area contributed by atoms with E-state index in [0.29, 0.717) is 15.7 Å². The molecule has 0 radical (unpaired) electrons. The first-order chi connectivity index (χ1) is 10.00. The molecular formula is C15H20Cl2N3O+. The van der Waals surface area contributed by atoms with E-state index in [1.54, 1.807) is 18.2 Å². The van der Waals surface area contributed by atoms with Crippen LogP contribution in [0, 0.1) is 0 Å². The van der Waals surface area contributed by atoms with Crippen molar-refractivity contribution >= 4 is 34.8 Å². The van der Waals surface area contributed by atoms with Crippen LogP contribution in [0.1, 0.15) is 6.92 Å². The van der Waals surface area contributed by atoms with Crippen LogP contribution < -0.4 is 5.32 Å². The van der Waals surface area contributed by atoms with E-state index in [4.69, 9.17) is 23.2 Å². The predicted octanol–water partition coefficient (Wildman–Crippen LogP) is 2.47. The van der Waals surface area contributed by atoms with E-state index >= 15 is 0 Å². The van der Waals surface area contributed by atoms with Crippen LogP contribution in [0.3, 0.4) is 0 Å². The third-order valence-electron chi connectivity index (χ3n) is 4.97. The highest BCUT2D eigenvalue weighted by Gasteiger charge is 2.45. The lowest BCUT2D eigenvalue weighted by Crippen LogP contribution is -2.72. The van der Waals surface area contributed by atoms with Gasteiger partial charge in [0, 0.05) is 24.7 Å². The van der Waals surface area contributed by atoms with Crippen molar-refractivity contribution in [1.82, 2.24) is 4.90 Å². The summed E-state index contributed by atoms with van der Waals surface area (Å²) in [5.41, 5.74) is 0.592. The van der Waals surface area contributed by atoms with Crippen molar-refractivity contribution in [3.8, 4) is 0 Å². The minimum Gasteiger partial charge on any atom is -0.320 e. The van der Waals surface area contributed by atoms with Gasteiger partial charge in [0.1, 0.15) is 0 Å². The molecule has 2 bridgehead atoms. The number of carbonyl (C=O) groups is 1. The number of anilines is 1. The Balaban J connectivity index is 1.74. The summed E-state index contributed by atoms with van der Waals surface area (Å²) in [6.07, 6.45) is 0. The zero-order valence-electron chi connectivity index (χ0n) is 12.1. The fourth-order valence-corrected chi connectivity index (χ4v) is 3.69. The topological polar surface area (TPSA) is 32.3 Å². The van der Waals surface area contributed by atoms with E-state index < -0.39 is 0 Å². The number of benzene rings is 1. The summed E-state index contributed by atoms with van der Waals surface area (Å²) in [5, 5.41) is 4.03. The molecule has 1 aromatic rings. The molecule has 1 N–H and O–H groups in total. The van der Waals surface area contributed by atoms with E-state index in [9.17, 15) is 4.79 Å². The number of hydrogen-bond acceptors (Lipinski definition) is 2.